The molecule has 0 saturated carbocycles. The number of carbonyl (C=O) groups excluding carboxylic acids is 1. The number of amides is 1. The number of rotatable bonds is 6. The smallest absolute Gasteiger partial charge is 0.282 e. The fourth-order valence-electron chi connectivity index (χ4n) is 3.15. The van der Waals surface area contributed by atoms with Crippen LogP contribution < -0.4 is 5.32 Å². The highest BCUT2D eigenvalue weighted by Gasteiger charge is 2.21. The zero-order valence-corrected chi connectivity index (χ0v) is 16.9. The molecule has 0 unspecified atom stereocenters. The molecule has 0 aliphatic rings. The first kappa shape index (κ1) is 19.8. The van der Waals surface area contributed by atoms with Gasteiger partial charge in [0.2, 0.25) is 0 Å². The van der Waals surface area contributed by atoms with Crippen LogP contribution in [0.15, 0.2) is 65.8 Å². The van der Waals surface area contributed by atoms with Crippen molar-refractivity contribution in [3.8, 4) is 0 Å². The lowest BCUT2D eigenvalue weighted by atomic mass is 10.1. The first-order chi connectivity index (χ1) is 14.4. The number of aryl methyl sites for hydroxylation is 1. The highest BCUT2D eigenvalue weighted by molar-refractivity contribution is 7.89. The lowest BCUT2D eigenvalue weighted by molar-refractivity contribution is 0.102. The van der Waals surface area contributed by atoms with Crippen molar-refractivity contribution >= 4 is 32.5 Å². The molecule has 0 fully saturated rings. The van der Waals surface area contributed by atoms with Crippen LogP contribution in [0, 0.1) is 5.82 Å². The second kappa shape index (κ2) is 7.75. The summed E-state index contributed by atoms with van der Waals surface area (Å²) in [4.78, 5) is 15.5. The summed E-state index contributed by atoms with van der Waals surface area (Å²) < 4.78 is 40.5. The van der Waals surface area contributed by atoms with Crippen molar-refractivity contribution < 1.29 is 17.6 Å². The molecule has 4 rings (SSSR count). The molecule has 30 heavy (non-hydrogen) atoms. The normalized spacial score (nSPS) is 11.7. The molecule has 2 aromatic heterocycles. The highest BCUT2D eigenvalue weighted by Crippen LogP contribution is 2.21. The predicted octanol–water partition coefficient (Wildman–Crippen LogP) is 3.95. The molecule has 9 heteroatoms. The van der Waals surface area contributed by atoms with Crippen molar-refractivity contribution in [2.75, 3.05) is 5.32 Å². The first-order valence-electron chi connectivity index (χ1n) is 9.36. The number of aromatic amines is 1. The van der Waals surface area contributed by atoms with Crippen molar-refractivity contribution in [1.82, 2.24) is 14.2 Å². The number of hydrogen-bond donors (Lipinski definition) is 2. The second-order valence-corrected chi connectivity index (χ2v) is 8.61. The maximum Gasteiger partial charge on any atom is 0.282 e. The number of aromatic nitrogens is 3. The molecular formula is C21H19FN4O3S. The summed E-state index contributed by atoms with van der Waals surface area (Å²) in [6, 6.07) is 12.2. The Hall–Kier alpha value is -3.46. The molecule has 0 aliphatic carbocycles. The van der Waals surface area contributed by atoms with E-state index < -0.39 is 21.7 Å². The van der Waals surface area contributed by atoms with Crippen molar-refractivity contribution in [3.05, 3.63) is 78.0 Å². The number of benzene rings is 2. The van der Waals surface area contributed by atoms with E-state index in [1.54, 1.807) is 30.5 Å². The van der Waals surface area contributed by atoms with Crippen molar-refractivity contribution in [2.45, 2.75) is 24.7 Å². The molecule has 1 amide bonds. The van der Waals surface area contributed by atoms with Gasteiger partial charge in [0.1, 0.15) is 5.82 Å². The van der Waals surface area contributed by atoms with Crippen LogP contribution in [0.3, 0.4) is 0 Å². The molecule has 4 aromatic rings. The summed E-state index contributed by atoms with van der Waals surface area (Å²) >= 11 is 0. The van der Waals surface area contributed by atoms with Crippen LogP contribution in [-0.2, 0) is 16.4 Å². The van der Waals surface area contributed by atoms with Crippen LogP contribution in [0.4, 0.5) is 10.1 Å². The van der Waals surface area contributed by atoms with E-state index in [1.807, 2.05) is 6.92 Å². The van der Waals surface area contributed by atoms with Gasteiger partial charge in [0.25, 0.3) is 15.9 Å². The van der Waals surface area contributed by atoms with E-state index in [9.17, 15) is 17.6 Å². The average Bonchev–Trinajstić information content (AvgIpc) is 3.39. The van der Waals surface area contributed by atoms with Gasteiger partial charge in [-0.1, -0.05) is 19.4 Å². The Morgan fingerprint density at radius 1 is 1.17 bits per heavy atom. The zero-order chi connectivity index (χ0) is 21.3. The molecule has 2 heterocycles. The van der Waals surface area contributed by atoms with Crippen LogP contribution in [0.1, 0.15) is 29.4 Å². The van der Waals surface area contributed by atoms with E-state index >= 15 is 0 Å². The fraction of sp³-hybridized carbons (Fsp3) is 0.143. The highest BCUT2D eigenvalue weighted by atomic mass is 32.2. The molecule has 0 aliphatic heterocycles. The van der Waals surface area contributed by atoms with Crippen molar-refractivity contribution in [3.63, 3.8) is 0 Å². The van der Waals surface area contributed by atoms with E-state index in [4.69, 9.17) is 0 Å². The summed E-state index contributed by atoms with van der Waals surface area (Å²) in [7, 11) is -3.96. The Balaban J connectivity index is 1.55. The third-order valence-electron chi connectivity index (χ3n) is 4.70. The molecule has 7 nitrogen and oxygen atoms in total. The van der Waals surface area contributed by atoms with Crippen molar-refractivity contribution in [1.29, 1.82) is 0 Å². The van der Waals surface area contributed by atoms with Gasteiger partial charge in [-0.05, 0) is 54.4 Å². The monoisotopic (exact) mass is 426 g/mol. The number of hydrogen-bond acceptors (Lipinski definition) is 4. The molecular weight excluding hydrogens is 407 g/mol. The molecule has 2 N–H and O–H groups in total. The Kier molecular flexibility index (Phi) is 5.13. The Labute approximate surface area is 172 Å². The number of halogens is 1. The topological polar surface area (TPSA) is 96.9 Å². The van der Waals surface area contributed by atoms with Crippen LogP contribution >= 0.6 is 0 Å². The number of H-pyrrole nitrogens is 1. The third-order valence-corrected chi connectivity index (χ3v) is 6.24. The molecule has 0 atom stereocenters. The number of nitrogens with zero attached hydrogens (tertiary/aromatic N) is 2. The van der Waals surface area contributed by atoms with Crippen LogP contribution in [0.5, 0.6) is 0 Å². The molecule has 0 saturated heterocycles. The summed E-state index contributed by atoms with van der Waals surface area (Å²) in [6.07, 6.45) is 4.34. The first-order valence-corrected chi connectivity index (χ1v) is 10.8. The molecule has 0 radical (unpaired) electrons. The Morgan fingerprint density at radius 2 is 2.00 bits per heavy atom. The third kappa shape index (κ3) is 3.71. The van der Waals surface area contributed by atoms with E-state index in [0.29, 0.717) is 12.0 Å². The van der Waals surface area contributed by atoms with Gasteiger partial charge in [-0.15, -0.1) is 0 Å². The standard InChI is InChI=1S/C21H19FN4O3S/c1-2-3-14-4-5-16(13-18(14)22)24-21(27)20-9-11-26(25-20)30(28,29)17-6-7-19-15(12-17)8-10-23-19/h4-13,23H,2-3H2,1H3,(H,24,27). The van der Waals surface area contributed by atoms with Gasteiger partial charge in [-0.3, -0.25) is 4.79 Å². The molecule has 154 valence electrons. The van der Waals surface area contributed by atoms with E-state index in [1.165, 1.54) is 30.5 Å². The Bertz CT molecular complexity index is 1340. The lowest BCUT2D eigenvalue weighted by Gasteiger charge is -2.07. The summed E-state index contributed by atoms with van der Waals surface area (Å²) in [5.41, 5.74) is 1.56. The maximum absolute atomic E-state index is 14.1. The fourth-order valence-corrected chi connectivity index (χ4v) is 4.30. The second-order valence-electron chi connectivity index (χ2n) is 6.82. The van der Waals surface area contributed by atoms with Crippen LogP contribution in [0.2, 0.25) is 0 Å². The summed E-state index contributed by atoms with van der Waals surface area (Å²) in [5.74, 6) is -1.03. The number of carbonyl (C=O) groups is 1. The largest absolute Gasteiger partial charge is 0.361 e. The number of fused-ring (bicyclic) bond motifs is 1. The predicted molar refractivity (Wildman–Crippen MR) is 111 cm³/mol. The molecule has 0 spiro atoms. The SMILES string of the molecule is CCCc1ccc(NC(=O)c2ccn(S(=O)(=O)c3ccc4[nH]ccc4c3)n2)cc1F. The quantitative estimate of drug-likeness (QED) is 0.488. The number of anilines is 1. The molecule has 0 bridgehead atoms. The minimum Gasteiger partial charge on any atom is -0.361 e. The lowest BCUT2D eigenvalue weighted by Crippen LogP contribution is -2.17. The Morgan fingerprint density at radius 3 is 2.77 bits per heavy atom. The van der Waals surface area contributed by atoms with E-state index in [2.05, 4.69) is 15.4 Å². The van der Waals surface area contributed by atoms with Crippen LogP contribution in [0.25, 0.3) is 10.9 Å². The van der Waals surface area contributed by atoms with Gasteiger partial charge in [0.05, 0.1) is 4.90 Å². The summed E-state index contributed by atoms with van der Waals surface area (Å²) in [6.45, 7) is 1.95. The minimum atomic E-state index is -3.96. The van der Waals surface area contributed by atoms with Gasteiger partial charge in [-0.2, -0.15) is 17.6 Å². The zero-order valence-electron chi connectivity index (χ0n) is 16.1. The van der Waals surface area contributed by atoms with Crippen LogP contribution in [-0.4, -0.2) is 28.5 Å². The van der Waals surface area contributed by atoms with Gasteiger partial charge in [0, 0.05) is 29.0 Å². The van der Waals surface area contributed by atoms with E-state index in [-0.39, 0.29) is 16.3 Å². The minimum absolute atomic E-state index is 0.0539. The van der Waals surface area contributed by atoms with Gasteiger partial charge in [0.15, 0.2) is 5.69 Å². The average molecular weight is 426 g/mol. The van der Waals surface area contributed by atoms with Gasteiger partial charge >= 0.3 is 0 Å². The maximum atomic E-state index is 14.1. The van der Waals surface area contributed by atoms with Gasteiger partial charge < -0.3 is 10.3 Å². The van der Waals surface area contributed by atoms with E-state index in [0.717, 1.165) is 21.4 Å². The van der Waals surface area contributed by atoms with Gasteiger partial charge in [-0.25, -0.2) is 4.39 Å². The number of nitrogens with one attached hydrogen (secondary N) is 2. The van der Waals surface area contributed by atoms with Crippen molar-refractivity contribution in [2.24, 2.45) is 0 Å². The summed E-state index contributed by atoms with van der Waals surface area (Å²) in [5, 5.41) is 7.19. The molecule has 2 aromatic carbocycles.